The number of hydrogen-bond acceptors (Lipinski definition) is 4. The molecule has 4 heteroatoms. The molecule has 14 heavy (non-hydrogen) atoms. The summed E-state index contributed by atoms with van der Waals surface area (Å²) in [6.45, 7) is 4.09. The van der Waals surface area contributed by atoms with Gasteiger partial charge in [-0.1, -0.05) is 12.8 Å². The number of anilines is 2. The van der Waals surface area contributed by atoms with E-state index < -0.39 is 0 Å². The van der Waals surface area contributed by atoms with E-state index in [2.05, 4.69) is 29.8 Å². The van der Waals surface area contributed by atoms with Crippen LogP contribution < -0.4 is 10.6 Å². The van der Waals surface area contributed by atoms with Gasteiger partial charge in [0.25, 0.3) is 0 Å². The molecule has 1 aliphatic heterocycles. The predicted octanol–water partition coefficient (Wildman–Crippen LogP) is 1.24. The fraction of sp³-hybridized carbons (Fsp3) is 0.400. The molecule has 0 aliphatic carbocycles. The SMILES string of the molecule is Nc1ccc(N2CCN(S)CC2)cc1. The fourth-order valence-electron chi connectivity index (χ4n) is 1.64. The molecule has 76 valence electrons. The summed E-state index contributed by atoms with van der Waals surface area (Å²) in [5, 5.41) is 0. The summed E-state index contributed by atoms with van der Waals surface area (Å²) < 4.78 is 2.05. The van der Waals surface area contributed by atoms with Crippen LogP contribution in [0.3, 0.4) is 0 Å². The standard InChI is InChI=1S/C10H15N3S/c11-9-1-3-10(4-2-9)12-5-7-13(14)8-6-12/h1-4,14H,5-8,11H2. The van der Waals surface area contributed by atoms with Crippen LogP contribution in [0.5, 0.6) is 0 Å². The van der Waals surface area contributed by atoms with E-state index in [0.717, 1.165) is 31.9 Å². The fourth-order valence-corrected chi connectivity index (χ4v) is 1.82. The van der Waals surface area contributed by atoms with Crippen LogP contribution in [-0.2, 0) is 0 Å². The average Bonchev–Trinajstić information content (AvgIpc) is 2.21. The molecule has 3 nitrogen and oxygen atoms in total. The van der Waals surface area contributed by atoms with Crippen LogP contribution in [0.15, 0.2) is 24.3 Å². The molecule has 1 aromatic carbocycles. The van der Waals surface area contributed by atoms with Gasteiger partial charge in [-0.25, -0.2) is 4.31 Å². The second kappa shape index (κ2) is 4.11. The van der Waals surface area contributed by atoms with Gasteiger partial charge in [-0.15, -0.1) is 0 Å². The minimum Gasteiger partial charge on any atom is -0.399 e. The number of rotatable bonds is 1. The van der Waals surface area contributed by atoms with Crippen LogP contribution in [0.25, 0.3) is 0 Å². The molecule has 0 atom stereocenters. The Morgan fingerprint density at radius 3 is 2.14 bits per heavy atom. The van der Waals surface area contributed by atoms with Crippen LogP contribution in [0.1, 0.15) is 0 Å². The molecule has 0 saturated carbocycles. The van der Waals surface area contributed by atoms with E-state index in [1.54, 1.807) is 0 Å². The Morgan fingerprint density at radius 2 is 1.57 bits per heavy atom. The summed E-state index contributed by atoms with van der Waals surface area (Å²) in [5.74, 6) is 0. The van der Waals surface area contributed by atoms with Gasteiger partial charge in [0, 0.05) is 37.6 Å². The maximum Gasteiger partial charge on any atom is 0.0368 e. The highest BCUT2D eigenvalue weighted by atomic mass is 32.1. The summed E-state index contributed by atoms with van der Waals surface area (Å²) in [6, 6.07) is 8.04. The first-order valence-electron chi connectivity index (χ1n) is 4.80. The average molecular weight is 209 g/mol. The van der Waals surface area contributed by atoms with E-state index in [9.17, 15) is 0 Å². The van der Waals surface area contributed by atoms with Crippen molar-refractivity contribution >= 4 is 24.2 Å². The zero-order valence-electron chi connectivity index (χ0n) is 8.06. The molecule has 0 unspecified atom stereocenters. The molecule has 1 aromatic rings. The highest BCUT2D eigenvalue weighted by Gasteiger charge is 2.14. The number of nitrogens with zero attached hydrogens (tertiary/aromatic N) is 2. The number of nitrogen functional groups attached to an aromatic ring is 1. The van der Waals surface area contributed by atoms with Gasteiger partial charge in [0.1, 0.15) is 0 Å². The van der Waals surface area contributed by atoms with Crippen LogP contribution in [0, 0.1) is 0 Å². The highest BCUT2D eigenvalue weighted by molar-refractivity contribution is 7.77. The van der Waals surface area contributed by atoms with Crippen LogP contribution in [0.2, 0.25) is 0 Å². The largest absolute Gasteiger partial charge is 0.399 e. The maximum absolute atomic E-state index is 5.64. The summed E-state index contributed by atoms with van der Waals surface area (Å²) in [7, 11) is 0. The first kappa shape index (κ1) is 9.68. The molecular weight excluding hydrogens is 194 g/mol. The van der Waals surface area contributed by atoms with Crippen molar-refractivity contribution in [2.24, 2.45) is 0 Å². The molecule has 0 aromatic heterocycles. The number of thiol groups is 1. The summed E-state index contributed by atoms with van der Waals surface area (Å²) >= 11 is 4.32. The van der Waals surface area contributed by atoms with Crippen molar-refractivity contribution in [1.29, 1.82) is 0 Å². The lowest BCUT2D eigenvalue weighted by Gasteiger charge is -2.33. The normalized spacial score (nSPS) is 18.5. The second-order valence-corrected chi connectivity index (χ2v) is 4.10. The Hall–Kier alpha value is -0.870. The Kier molecular flexibility index (Phi) is 2.84. The minimum absolute atomic E-state index is 0.821. The lowest BCUT2D eigenvalue weighted by molar-refractivity contribution is 0.434. The summed E-state index contributed by atoms with van der Waals surface area (Å²) in [5.41, 5.74) is 7.71. The van der Waals surface area contributed by atoms with E-state index in [0.29, 0.717) is 0 Å². The van der Waals surface area contributed by atoms with Crippen molar-refractivity contribution in [3.05, 3.63) is 24.3 Å². The number of piperazine rings is 1. The number of nitrogens with two attached hydrogens (primary N) is 1. The molecule has 2 N–H and O–H groups in total. The van der Waals surface area contributed by atoms with Crippen LogP contribution in [0.4, 0.5) is 11.4 Å². The van der Waals surface area contributed by atoms with E-state index in [-0.39, 0.29) is 0 Å². The van der Waals surface area contributed by atoms with E-state index >= 15 is 0 Å². The summed E-state index contributed by atoms with van der Waals surface area (Å²) in [6.07, 6.45) is 0. The third kappa shape index (κ3) is 2.13. The smallest absolute Gasteiger partial charge is 0.0368 e. The molecular formula is C10H15N3S. The lowest BCUT2D eigenvalue weighted by Crippen LogP contribution is -2.42. The van der Waals surface area contributed by atoms with Gasteiger partial charge in [-0.2, -0.15) is 0 Å². The van der Waals surface area contributed by atoms with E-state index in [1.807, 2.05) is 16.4 Å². The Balaban J connectivity index is 2.05. The van der Waals surface area contributed by atoms with Crippen molar-refractivity contribution in [3.8, 4) is 0 Å². The predicted molar refractivity (Wildman–Crippen MR) is 63.6 cm³/mol. The zero-order valence-corrected chi connectivity index (χ0v) is 8.95. The van der Waals surface area contributed by atoms with Crippen LogP contribution in [-0.4, -0.2) is 30.5 Å². The maximum atomic E-state index is 5.64. The molecule has 0 radical (unpaired) electrons. The molecule has 2 rings (SSSR count). The third-order valence-corrected chi connectivity index (χ3v) is 2.91. The first-order chi connectivity index (χ1) is 6.75. The zero-order chi connectivity index (χ0) is 9.97. The van der Waals surface area contributed by atoms with Gasteiger partial charge in [-0.05, 0) is 24.3 Å². The van der Waals surface area contributed by atoms with Crippen LogP contribution >= 0.6 is 12.8 Å². The molecule has 1 fully saturated rings. The van der Waals surface area contributed by atoms with Crippen molar-refractivity contribution in [3.63, 3.8) is 0 Å². The molecule has 1 aliphatic rings. The van der Waals surface area contributed by atoms with Gasteiger partial charge in [0.05, 0.1) is 0 Å². The number of benzene rings is 1. The topological polar surface area (TPSA) is 32.5 Å². The second-order valence-electron chi connectivity index (χ2n) is 3.53. The summed E-state index contributed by atoms with van der Waals surface area (Å²) in [4.78, 5) is 2.35. The van der Waals surface area contributed by atoms with E-state index in [4.69, 9.17) is 5.73 Å². The molecule has 0 bridgehead atoms. The monoisotopic (exact) mass is 209 g/mol. The molecule has 1 saturated heterocycles. The quantitative estimate of drug-likeness (QED) is 0.539. The van der Waals surface area contributed by atoms with Crippen molar-refractivity contribution in [2.75, 3.05) is 36.8 Å². The van der Waals surface area contributed by atoms with Crippen molar-refractivity contribution in [2.45, 2.75) is 0 Å². The van der Waals surface area contributed by atoms with Gasteiger partial charge in [0.2, 0.25) is 0 Å². The Morgan fingerprint density at radius 1 is 1.00 bits per heavy atom. The van der Waals surface area contributed by atoms with Gasteiger partial charge >= 0.3 is 0 Å². The van der Waals surface area contributed by atoms with Gasteiger partial charge < -0.3 is 10.6 Å². The van der Waals surface area contributed by atoms with Gasteiger partial charge in [0.15, 0.2) is 0 Å². The third-order valence-electron chi connectivity index (χ3n) is 2.51. The molecule has 1 heterocycles. The number of hydrogen-bond donors (Lipinski definition) is 2. The first-order valence-corrected chi connectivity index (χ1v) is 5.20. The van der Waals surface area contributed by atoms with E-state index in [1.165, 1.54) is 5.69 Å². The molecule has 0 spiro atoms. The van der Waals surface area contributed by atoms with Crippen molar-refractivity contribution < 1.29 is 0 Å². The lowest BCUT2D eigenvalue weighted by atomic mass is 10.2. The Labute approximate surface area is 90.0 Å². The molecule has 0 amide bonds. The Bertz CT molecular complexity index is 291. The van der Waals surface area contributed by atoms with Crippen molar-refractivity contribution in [1.82, 2.24) is 4.31 Å². The highest BCUT2D eigenvalue weighted by Crippen LogP contribution is 2.18. The minimum atomic E-state index is 0.821. The van der Waals surface area contributed by atoms with Gasteiger partial charge in [-0.3, -0.25) is 0 Å².